The SMILES string of the molecule is CCNC(=O)[C@@H](C)N(Cc1cccc(OC)c1)C(=O)COc1ccccc1C. The molecule has 150 valence electrons. The Hall–Kier alpha value is -3.02. The molecule has 28 heavy (non-hydrogen) atoms. The summed E-state index contributed by atoms with van der Waals surface area (Å²) in [5, 5.41) is 2.77. The van der Waals surface area contributed by atoms with Gasteiger partial charge in [0.2, 0.25) is 5.91 Å². The zero-order valence-corrected chi connectivity index (χ0v) is 16.9. The van der Waals surface area contributed by atoms with E-state index < -0.39 is 6.04 Å². The summed E-state index contributed by atoms with van der Waals surface area (Å²) in [4.78, 5) is 26.8. The third kappa shape index (κ3) is 5.74. The van der Waals surface area contributed by atoms with Crippen LogP contribution < -0.4 is 14.8 Å². The van der Waals surface area contributed by atoms with Gasteiger partial charge in [-0.3, -0.25) is 9.59 Å². The molecule has 6 nitrogen and oxygen atoms in total. The molecule has 1 atom stereocenters. The lowest BCUT2D eigenvalue weighted by Crippen LogP contribution is -2.49. The van der Waals surface area contributed by atoms with Crippen LogP contribution in [-0.2, 0) is 16.1 Å². The Morgan fingerprint density at radius 2 is 1.89 bits per heavy atom. The van der Waals surface area contributed by atoms with Crippen molar-refractivity contribution in [1.82, 2.24) is 10.2 Å². The van der Waals surface area contributed by atoms with E-state index in [0.717, 1.165) is 11.1 Å². The number of para-hydroxylation sites is 1. The molecule has 2 rings (SSSR count). The zero-order chi connectivity index (χ0) is 20.5. The van der Waals surface area contributed by atoms with Crippen molar-refractivity contribution >= 4 is 11.8 Å². The van der Waals surface area contributed by atoms with E-state index in [9.17, 15) is 9.59 Å². The highest BCUT2D eigenvalue weighted by Crippen LogP contribution is 2.18. The van der Waals surface area contributed by atoms with Crippen LogP contribution in [0.1, 0.15) is 25.0 Å². The third-order valence-electron chi connectivity index (χ3n) is 4.45. The summed E-state index contributed by atoms with van der Waals surface area (Å²) in [6, 6.07) is 14.3. The van der Waals surface area contributed by atoms with Gasteiger partial charge in [-0.25, -0.2) is 0 Å². The smallest absolute Gasteiger partial charge is 0.261 e. The van der Waals surface area contributed by atoms with E-state index in [1.165, 1.54) is 4.90 Å². The highest BCUT2D eigenvalue weighted by atomic mass is 16.5. The van der Waals surface area contributed by atoms with Crippen molar-refractivity contribution in [1.29, 1.82) is 0 Å². The van der Waals surface area contributed by atoms with E-state index >= 15 is 0 Å². The standard InChI is InChI=1S/C22H28N2O4/c1-5-23-22(26)17(3)24(14-18-10-8-11-19(13-18)27-4)21(25)15-28-20-12-7-6-9-16(20)2/h6-13,17H,5,14-15H2,1-4H3,(H,23,26)/t17-/m1/s1. The average Bonchev–Trinajstić information content (AvgIpc) is 2.71. The Kier molecular flexibility index (Phi) is 7.87. The van der Waals surface area contributed by atoms with Crippen LogP contribution in [0.25, 0.3) is 0 Å². The maximum atomic E-state index is 12.9. The van der Waals surface area contributed by atoms with Gasteiger partial charge in [0.1, 0.15) is 17.5 Å². The first-order valence-corrected chi connectivity index (χ1v) is 9.34. The fourth-order valence-corrected chi connectivity index (χ4v) is 2.81. The molecule has 0 aromatic heterocycles. The summed E-state index contributed by atoms with van der Waals surface area (Å²) < 4.78 is 11.0. The lowest BCUT2D eigenvalue weighted by Gasteiger charge is -2.28. The molecule has 6 heteroatoms. The first kappa shape index (κ1) is 21.3. The summed E-state index contributed by atoms with van der Waals surface area (Å²) in [6.07, 6.45) is 0. The van der Waals surface area contributed by atoms with Crippen molar-refractivity contribution < 1.29 is 19.1 Å². The number of carbonyl (C=O) groups is 2. The minimum absolute atomic E-state index is 0.140. The van der Waals surface area contributed by atoms with Gasteiger partial charge in [-0.2, -0.15) is 0 Å². The number of hydrogen-bond acceptors (Lipinski definition) is 4. The predicted molar refractivity (Wildman–Crippen MR) is 108 cm³/mol. The van der Waals surface area contributed by atoms with Crippen LogP contribution in [0.4, 0.5) is 0 Å². The molecule has 0 fully saturated rings. The third-order valence-corrected chi connectivity index (χ3v) is 4.45. The van der Waals surface area contributed by atoms with Crippen molar-refractivity contribution in [3.05, 3.63) is 59.7 Å². The molecular weight excluding hydrogens is 356 g/mol. The Balaban J connectivity index is 2.17. The van der Waals surface area contributed by atoms with Gasteiger partial charge in [0.15, 0.2) is 6.61 Å². The van der Waals surface area contributed by atoms with E-state index in [-0.39, 0.29) is 25.0 Å². The number of likely N-dealkylation sites (N-methyl/N-ethyl adjacent to an activating group) is 1. The molecule has 0 aliphatic rings. The predicted octanol–water partition coefficient (Wildman–Crippen LogP) is 2.94. The number of nitrogens with one attached hydrogen (secondary N) is 1. The van der Waals surface area contributed by atoms with Gasteiger partial charge in [0.25, 0.3) is 5.91 Å². The fourth-order valence-electron chi connectivity index (χ4n) is 2.81. The molecular formula is C22H28N2O4. The van der Waals surface area contributed by atoms with Crippen LogP contribution in [0.5, 0.6) is 11.5 Å². The number of methoxy groups -OCH3 is 1. The molecule has 0 spiro atoms. The van der Waals surface area contributed by atoms with Crippen molar-refractivity contribution in [3.63, 3.8) is 0 Å². The Labute approximate surface area is 166 Å². The van der Waals surface area contributed by atoms with Gasteiger partial charge in [-0.15, -0.1) is 0 Å². The van der Waals surface area contributed by atoms with Crippen molar-refractivity contribution in [2.75, 3.05) is 20.3 Å². The Morgan fingerprint density at radius 1 is 1.14 bits per heavy atom. The van der Waals surface area contributed by atoms with Crippen LogP contribution >= 0.6 is 0 Å². The number of carbonyl (C=O) groups excluding carboxylic acids is 2. The van der Waals surface area contributed by atoms with Crippen LogP contribution in [0.15, 0.2) is 48.5 Å². The fraction of sp³-hybridized carbons (Fsp3) is 0.364. The molecule has 2 amide bonds. The van der Waals surface area contributed by atoms with Crippen LogP contribution in [0.3, 0.4) is 0 Å². The van der Waals surface area contributed by atoms with E-state index in [4.69, 9.17) is 9.47 Å². The van der Waals surface area contributed by atoms with E-state index in [1.807, 2.05) is 62.4 Å². The Morgan fingerprint density at radius 3 is 2.57 bits per heavy atom. The van der Waals surface area contributed by atoms with E-state index in [0.29, 0.717) is 18.0 Å². The van der Waals surface area contributed by atoms with Gasteiger partial charge >= 0.3 is 0 Å². The number of nitrogens with zero attached hydrogens (tertiary/aromatic N) is 1. The summed E-state index contributed by atoms with van der Waals surface area (Å²) in [6.45, 7) is 6.14. The second-order valence-corrected chi connectivity index (χ2v) is 6.50. The summed E-state index contributed by atoms with van der Waals surface area (Å²) in [5.41, 5.74) is 1.83. The highest BCUT2D eigenvalue weighted by molar-refractivity contribution is 5.87. The molecule has 0 aliphatic heterocycles. The second-order valence-electron chi connectivity index (χ2n) is 6.50. The summed E-state index contributed by atoms with van der Waals surface area (Å²) >= 11 is 0. The molecule has 2 aromatic rings. The minimum Gasteiger partial charge on any atom is -0.497 e. The lowest BCUT2D eigenvalue weighted by molar-refractivity contribution is -0.142. The molecule has 0 aliphatic carbocycles. The van der Waals surface area contributed by atoms with Crippen molar-refractivity contribution in [3.8, 4) is 11.5 Å². The van der Waals surface area contributed by atoms with Gasteiger partial charge in [-0.05, 0) is 50.1 Å². The van der Waals surface area contributed by atoms with Crippen molar-refractivity contribution in [2.24, 2.45) is 0 Å². The molecule has 0 saturated carbocycles. The molecule has 2 aromatic carbocycles. The van der Waals surface area contributed by atoms with E-state index in [2.05, 4.69) is 5.32 Å². The monoisotopic (exact) mass is 384 g/mol. The van der Waals surface area contributed by atoms with Gasteiger partial charge in [0, 0.05) is 13.1 Å². The lowest BCUT2D eigenvalue weighted by atomic mass is 10.1. The first-order chi connectivity index (χ1) is 13.5. The quantitative estimate of drug-likeness (QED) is 0.722. The van der Waals surface area contributed by atoms with Crippen LogP contribution in [-0.4, -0.2) is 43.0 Å². The molecule has 0 saturated heterocycles. The topological polar surface area (TPSA) is 67.9 Å². The van der Waals surface area contributed by atoms with Crippen LogP contribution in [0, 0.1) is 6.92 Å². The number of aryl methyl sites for hydroxylation is 1. The van der Waals surface area contributed by atoms with Crippen molar-refractivity contribution in [2.45, 2.75) is 33.4 Å². The van der Waals surface area contributed by atoms with Gasteiger partial charge in [0.05, 0.1) is 7.11 Å². The number of amides is 2. The second kappa shape index (κ2) is 10.3. The number of benzene rings is 2. The maximum Gasteiger partial charge on any atom is 0.261 e. The maximum absolute atomic E-state index is 12.9. The molecule has 0 bridgehead atoms. The first-order valence-electron chi connectivity index (χ1n) is 9.34. The summed E-state index contributed by atoms with van der Waals surface area (Å²) in [5.74, 6) is 0.897. The number of hydrogen-bond donors (Lipinski definition) is 1. The van der Waals surface area contributed by atoms with E-state index in [1.54, 1.807) is 14.0 Å². The number of ether oxygens (including phenoxy) is 2. The normalized spacial score (nSPS) is 11.4. The highest BCUT2D eigenvalue weighted by Gasteiger charge is 2.26. The number of rotatable bonds is 9. The molecule has 1 N–H and O–H groups in total. The summed E-state index contributed by atoms with van der Waals surface area (Å²) in [7, 11) is 1.59. The van der Waals surface area contributed by atoms with Gasteiger partial charge in [-0.1, -0.05) is 30.3 Å². The Bertz CT molecular complexity index is 807. The zero-order valence-electron chi connectivity index (χ0n) is 16.9. The molecule has 0 radical (unpaired) electrons. The van der Waals surface area contributed by atoms with Crippen LogP contribution in [0.2, 0.25) is 0 Å². The average molecular weight is 384 g/mol. The minimum atomic E-state index is -0.626. The molecule has 0 unspecified atom stereocenters. The molecule has 0 heterocycles. The van der Waals surface area contributed by atoms with Gasteiger partial charge < -0.3 is 19.7 Å². The largest absolute Gasteiger partial charge is 0.497 e.